The van der Waals surface area contributed by atoms with Crippen molar-refractivity contribution in [2.24, 2.45) is 5.41 Å². The molecular weight excluding hydrogens is 1040 g/mol. The minimum Gasteiger partial charge on any atom is -0.462 e. The van der Waals surface area contributed by atoms with Gasteiger partial charge < -0.3 is 41.3 Å². The molecule has 77 heavy (non-hydrogen) atoms. The fourth-order valence-electron chi connectivity index (χ4n) is 11.5. The van der Waals surface area contributed by atoms with E-state index in [2.05, 4.69) is 35.8 Å². The number of thiazole rings is 1. The number of rotatable bonds is 17. The van der Waals surface area contributed by atoms with Gasteiger partial charge in [-0.15, -0.1) is 11.3 Å². The van der Waals surface area contributed by atoms with Gasteiger partial charge in [0.05, 0.1) is 50.1 Å². The topological polar surface area (TPSA) is 204 Å². The number of pyridine rings is 1. The minimum absolute atomic E-state index is 0.0285. The molecular formula is C55H68ClF4N11O5S. The SMILES string of the molecule is Cc1cc(N)nc(-c2c(Cl)cc3c(N4CC5CCC(C4)N5)nc(OCC4CCCN4CCCCCC(=O)NC(C(=O)N4C[C@H](O)C[C@H]4C(=O)N[C@@H](C)c4ccc(-c5scnc5C)cc4)C(C)(C)C)nc3c2F)c1C(F)(F)F. The zero-order chi connectivity index (χ0) is 55.1. The summed E-state index contributed by atoms with van der Waals surface area (Å²) in [4.78, 5) is 66.0. The number of aromatic nitrogens is 4. The Morgan fingerprint density at radius 2 is 1.71 bits per heavy atom. The van der Waals surface area contributed by atoms with Crippen LogP contribution in [0.15, 0.2) is 41.9 Å². The highest BCUT2D eigenvalue weighted by molar-refractivity contribution is 7.13. The zero-order valence-electron chi connectivity index (χ0n) is 44.3. The van der Waals surface area contributed by atoms with E-state index >= 15 is 4.39 Å². The number of aliphatic hydroxyl groups excluding tert-OH is 1. The van der Waals surface area contributed by atoms with Crippen LogP contribution in [0.4, 0.5) is 29.2 Å². The molecule has 0 aliphatic carbocycles. The normalized spacial score (nSPS) is 21.7. The molecule has 2 aromatic carbocycles. The summed E-state index contributed by atoms with van der Waals surface area (Å²) in [5.41, 5.74) is 6.98. The van der Waals surface area contributed by atoms with E-state index in [1.807, 2.05) is 69.3 Å². The summed E-state index contributed by atoms with van der Waals surface area (Å²) in [5, 5.41) is 20.3. The van der Waals surface area contributed by atoms with Crippen molar-refractivity contribution in [3.05, 3.63) is 75.1 Å². The van der Waals surface area contributed by atoms with Crippen LogP contribution in [0.3, 0.4) is 0 Å². The molecule has 6 N–H and O–H groups in total. The number of nitrogen functional groups attached to an aromatic ring is 1. The summed E-state index contributed by atoms with van der Waals surface area (Å²) < 4.78 is 66.8. The molecule has 7 atom stereocenters. The first-order chi connectivity index (χ1) is 36.5. The van der Waals surface area contributed by atoms with Gasteiger partial charge in [-0.2, -0.15) is 23.1 Å². The maximum Gasteiger partial charge on any atom is 0.418 e. The Kier molecular flexibility index (Phi) is 16.7. The molecule has 4 saturated heterocycles. The van der Waals surface area contributed by atoms with E-state index in [9.17, 15) is 32.7 Å². The molecule has 5 aromatic rings. The first-order valence-electron chi connectivity index (χ1n) is 26.5. The van der Waals surface area contributed by atoms with Gasteiger partial charge in [-0.1, -0.05) is 63.1 Å². The first-order valence-corrected chi connectivity index (χ1v) is 27.8. The van der Waals surface area contributed by atoms with Gasteiger partial charge in [-0.05, 0) is 107 Å². The Morgan fingerprint density at radius 3 is 2.39 bits per heavy atom. The number of carbonyl (C=O) groups is 3. The van der Waals surface area contributed by atoms with E-state index < -0.39 is 58.3 Å². The number of carbonyl (C=O) groups excluding carboxylic acids is 3. The number of aliphatic hydroxyl groups is 1. The first kappa shape index (κ1) is 56.0. The van der Waals surface area contributed by atoms with Crippen LogP contribution in [0, 0.1) is 25.1 Å². The summed E-state index contributed by atoms with van der Waals surface area (Å²) >= 11 is 8.26. The number of fused-ring (bicyclic) bond motifs is 3. The van der Waals surface area contributed by atoms with Crippen molar-refractivity contribution >= 4 is 63.2 Å². The Hall–Kier alpha value is -5.74. The second-order valence-corrected chi connectivity index (χ2v) is 23.5. The molecule has 4 unspecified atom stereocenters. The zero-order valence-corrected chi connectivity index (χ0v) is 45.8. The Balaban J connectivity index is 0.806. The third-order valence-corrected chi connectivity index (χ3v) is 16.7. The number of unbranched alkanes of at least 4 members (excludes halogenated alkanes) is 2. The monoisotopic (exact) mass is 1110 g/mol. The van der Waals surface area contributed by atoms with Gasteiger partial charge in [0.15, 0.2) is 5.82 Å². The van der Waals surface area contributed by atoms with Crippen LogP contribution in [0.5, 0.6) is 6.01 Å². The lowest BCUT2D eigenvalue weighted by atomic mass is 9.85. The van der Waals surface area contributed by atoms with Gasteiger partial charge in [0, 0.05) is 56.0 Å². The molecule has 7 heterocycles. The number of amides is 3. The molecule has 4 fully saturated rings. The summed E-state index contributed by atoms with van der Waals surface area (Å²) in [7, 11) is 0. The number of nitrogens with two attached hydrogens (primary N) is 1. The fourth-order valence-corrected chi connectivity index (χ4v) is 12.6. The average Bonchev–Trinajstić information content (AvgIpc) is 4.26. The van der Waals surface area contributed by atoms with Crippen molar-refractivity contribution in [1.29, 1.82) is 0 Å². The van der Waals surface area contributed by atoms with Gasteiger partial charge in [0.2, 0.25) is 17.7 Å². The van der Waals surface area contributed by atoms with Crippen LogP contribution in [0.1, 0.15) is 114 Å². The second-order valence-electron chi connectivity index (χ2n) is 22.2. The van der Waals surface area contributed by atoms with Crippen LogP contribution in [0.25, 0.3) is 32.6 Å². The number of anilines is 2. The van der Waals surface area contributed by atoms with E-state index in [-0.39, 0.29) is 95.3 Å². The molecule has 0 saturated carbocycles. The largest absolute Gasteiger partial charge is 0.462 e. The Labute approximate surface area is 454 Å². The molecule has 16 nitrogen and oxygen atoms in total. The van der Waals surface area contributed by atoms with Crippen LogP contribution in [-0.4, -0.2) is 128 Å². The third kappa shape index (κ3) is 12.4. The third-order valence-electron chi connectivity index (χ3n) is 15.4. The van der Waals surface area contributed by atoms with Crippen molar-refractivity contribution in [3.8, 4) is 27.7 Å². The number of ether oxygens (including phenoxy) is 1. The summed E-state index contributed by atoms with van der Waals surface area (Å²) in [6.45, 7) is 13.5. The van der Waals surface area contributed by atoms with Gasteiger partial charge >= 0.3 is 12.2 Å². The molecule has 2 bridgehead atoms. The van der Waals surface area contributed by atoms with Crippen molar-refractivity contribution in [2.45, 2.75) is 148 Å². The molecule has 9 rings (SSSR count). The summed E-state index contributed by atoms with van der Waals surface area (Å²) in [6.07, 6.45) is 0.184. The van der Waals surface area contributed by atoms with E-state index in [1.165, 1.54) is 17.9 Å². The predicted molar refractivity (Wildman–Crippen MR) is 289 cm³/mol. The molecule has 4 aliphatic heterocycles. The number of halogens is 5. The minimum atomic E-state index is -4.89. The van der Waals surface area contributed by atoms with Crippen LogP contribution in [-0.2, 0) is 20.6 Å². The lowest BCUT2D eigenvalue weighted by molar-refractivity contribution is -0.144. The van der Waals surface area contributed by atoms with Gasteiger partial charge in [-0.3, -0.25) is 19.3 Å². The number of benzene rings is 2. The maximum absolute atomic E-state index is 17.0. The highest BCUT2D eigenvalue weighted by Crippen LogP contribution is 2.45. The second kappa shape index (κ2) is 22.9. The number of piperazine rings is 1. The molecule has 0 spiro atoms. The summed E-state index contributed by atoms with van der Waals surface area (Å²) in [6, 6.07) is 8.37. The van der Waals surface area contributed by atoms with E-state index in [1.54, 1.807) is 11.3 Å². The van der Waals surface area contributed by atoms with Crippen LogP contribution < -0.4 is 31.3 Å². The number of aryl methyl sites for hydroxylation is 2. The highest BCUT2D eigenvalue weighted by atomic mass is 35.5. The van der Waals surface area contributed by atoms with Crippen molar-refractivity contribution in [1.82, 2.24) is 45.7 Å². The van der Waals surface area contributed by atoms with Crippen LogP contribution >= 0.6 is 22.9 Å². The molecule has 22 heteroatoms. The smallest absolute Gasteiger partial charge is 0.418 e. The molecule has 414 valence electrons. The van der Waals surface area contributed by atoms with Gasteiger partial charge in [0.1, 0.15) is 35.8 Å². The number of nitrogens with one attached hydrogen (secondary N) is 3. The number of nitrogens with zero attached hydrogens (tertiary/aromatic N) is 7. The van der Waals surface area contributed by atoms with Crippen molar-refractivity contribution < 1.29 is 41.8 Å². The fraction of sp³-hybridized carbons (Fsp3) is 0.545. The molecule has 4 aliphatic rings. The maximum atomic E-state index is 17.0. The van der Waals surface area contributed by atoms with Crippen LogP contribution in [0.2, 0.25) is 5.02 Å². The standard InChI is InChI=1S/C55H68ClF4N11O5S/c1-29-21-41(61)65-47(44(29)55(58,59)60)43-39(56)23-38-46(45(43)57)67-53(68-50(38)70-24-34-17-18-35(25-70)64-34)76-27-36-11-10-20-69(36)19-9-7-8-12-42(73)66-49(54(4,5)6)52(75)71-26-37(72)22-40(71)51(74)63-30(2)32-13-15-33(16-14-32)48-31(3)62-28-77-48/h13-16,21,23,28,30,34-37,40,49,64,72H,7-12,17-20,22,24-27H2,1-6H3,(H2,61,65)(H,63,74)(H,66,73)/t30-,34?,35?,36?,37+,40-,49?/m0/s1. The quantitative estimate of drug-likeness (QED) is 0.0438. The Bertz CT molecular complexity index is 2980. The van der Waals surface area contributed by atoms with E-state index in [0.717, 1.165) is 72.8 Å². The Morgan fingerprint density at radius 1 is 0.987 bits per heavy atom. The van der Waals surface area contributed by atoms with Crippen molar-refractivity contribution in [2.75, 3.05) is 50.0 Å². The van der Waals surface area contributed by atoms with Crippen molar-refractivity contribution in [3.63, 3.8) is 0 Å². The number of alkyl halides is 3. The van der Waals surface area contributed by atoms with Gasteiger partial charge in [-0.25, -0.2) is 14.4 Å². The number of hydrogen-bond acceptors (Lipinski definition) is 14. The molecule has 3 aromatic heterocycles. The lowest BCUT2D eigenvalue weighted by Crippen LogP contribution is -2.57. The number of likely N-dealkylation sites (tertiary alicyclic amines) is 2. The van der Waals surface area contributed by atoms with E-state index in [0.29, 0.717) is 31.9 Å². The average molecular weight is 1110 g/mol. The lowest BCUT2D eigenvalue weighted by Gasteiger charge is -2.35. The van der Waals surface area contributed by atoms with Gasteiger partial charge in [0.25, 0.3) is 0 Å². The molecule has 3 amide bonds. The summed E-state index contributed by atoms with van der Waals surface area (Å²) in [5.74, 6) is -2.03. The number of β-amino-alcohol motifs (C(OH)–C–C–N with tert-alkyl or cyclic N) is 1. The molecule has 0 radical (unpaired) electrons. The predicted octanol–water partition coefficient (Wildman–Crippen LogP) is 8.54. The highest BCUT2D eigenvalue weighted by Gasteiger charge is 2.45. The number of hydrogen-bond donors (Lipinski definition) is 5. The van der Waals surface area contributed by atoms with E-state index in [4.69, 9.17) is 27.1 Å².